The molecule has 1 aliphatic carbocycles. The zero-order chi connectivity index (χ0) is 25.3. The SMILES string of the molecule is COCCN1CCN(CC(=O)NC2CC(OC3CCN(CC(C)(C)CC(N)COC)CC3)C2)CC1. The van der Waals surface area contributed by atoms with Gasteiger partial charge in [-0.15, -0.1) is 0 Å². The maximum Gasteiger partial charge on any atom is 0.234 e. The van der Waals surface area contributed by atoms with E-state index in [1.807, 2.05) is 0 Å². The van der Waals surface area contributed by atoms with Crippen molar-refractivity contribution >= 4 is 5.91 Å². The number of carbonyl (C=O) groups excluding carboxylic acids is 1. The van der Waals surface area contributed by atoms with E-state index in [-0.39, 0.29) is 23.4 Å². The number of rotatable bonds is 14. The maximum absolute atomic E-state index is 12.5. The van der Waals surface area contributed by atoms with Crippen LogP contribution in [0.3, 0.4) is 0 Å². The van der Waals surface area contributed by atoms with Gasteiger partial charge in [-0.1, -0.05) is 13.8 Å². The smallest absolute Gasteiger partial charge is 0.234 e. The number of piperazine rings is 1. The van der Waals surface area contributed by atoms with Crippen LogP contribution in [0.1, 0.15) is 46.0 Å². The number of methoxy groups -OCH3 is 2. The van der Waals surface area contributed by atoms with Crippen molar-refractivity contribution in [3.8, 4) is 0 Å². The van der Waals surface area contributed by atoms with E-state index in [2.05, 4.69) is 33.9 Å². The van der Waals surface area contributed by atoms with Gasteiger partial charge in [0.2, 0.25) is 5.91 Å². The minimum Gasteiger partial charge on any atom is -0.383 e. The molecule has 1 amide bonds. The van der Waals surface area contributed by atoms with Gasteiger partial charge in [0.25, 0.3) is 0 Å². The summed E-state index contributed by atoms with van der Waals surface area (Å²) in [5.74, 6) is 0.153. The van der Waals surface area contributed by atoms with Crippen molar-refractivity contribution < 1.29 is 19.0 Å². The molecule has 0 spiro atoms. The van der Waals surface area contributed by atoms with Crippen molar-refractivity contribution in [3.05, 3.63) is 0 Å². The zero-order valence-corrected chi connectivity index (χ0v) is 22.7. The molecule has 9 heteroatoms. The number of nitrogens with two attached hydrogens (primary N) is 1. The largest absolute Gasteiger partial charge is 0.383 e. The van der Waals surface area contributed by atoms with Crippen molar-refractivity contribution in [2.75, 3.05) is 86.3 Å². The molecule has 0 aromatic rings. The third kappa shape index (κ3) is 10.2. The minimum atomic E-state index is 0.0965. The van der Waals surface area contributed by atoms with Crippen LogP contribution in [0.15, 0.2) is 0 Å². The number of carbonyl (C=O) groups is 1. The van der Waals surface area contributed by atoms with Crippen LogP contribution in [-0.4, -0.2) is 131 Å². The molecule has 3 rings (SSSR count). The predicted molar refractivity (Wildman–Crippen MR) is 139 cm³/mol. The summed E-state index contributed by atoms with van der Waals surface area (Å²) in [4.78, 5) is 19.7. The third-order valence-corrected chi connectivity index (χ3v) is 7.67. The molecule has 2 aliphatic heterocycles. The van der Waals surface area contributed by atoms with Crippen LogP contribution < -0.4 is 11.1 Å². The maximum atomic E-state index is 12.5. The average Bonchev–Trinajstić information content (AvgIpc) is 2.78. The Bertz CT molecular complexity index is 615. The van der Waals surface area contributed by atoms with Gasteiger partial charge < -0.3 is 30.2 Å². The molecule has 0 aromatic carbocycles. The second-order valence-electron chi connectivity index (χ2n) is 11.7. The van der Waals surface area contributed by atoms with Crippen molar-refractivity contribution in [1.29, 1.82) is 0 Å². The lowest BCUT2D eigenvalue weighted by Crippen LogP contribution is -2.54. The molecule has 3 fully saturated rings. The van der Waals surface area contributed by atoms with Gasteiger partial charge in [0.1, 0.15) is 0 Å². The van der Waals surface area contributed by atoms with Crippen LogP contribution in [0.2, 0.25) is 0 Å². The van der Waals surface area contributed by atoms with E-state index in [1.54, 1.807) is 14.2 Å². The summed E-state index contributed by atoms with van der Waals surface area (Å²) in [5, 5.41) is 3.21. The lowest BCUT2D eigenvalue weighted by atomic mass is 9.85. The molecule has 204 valence electrons. The summed E-state index contributed by atoms with van der Waals surface area (Å²) in [6.45, 7) is 14.6. The van der Waals surface area contributed by atoms with Gasteiger partial charge in [-0.2, -0.15) is 0 Å². The van der Waals surface area contributed by atoms with Crippen LogP contribution in [0, 0.1) is 5.41 Å². The van der Waals surface area contributed by atoms with E-state index >= 15 is 0 Å². The Hall–Kier alpha value is -0.810. The summed E-state index contributed by atoms with van der Waals surface area (Å²) in [6.07, 6.45) is 5.68. The van der Waals surface area contributed by atoms with Gasteiger partial charge in [-0.25, -0.2) is 0 Å². The number of hydrogen-bond acceptors (Lipinski definition) is 8. The molecule has 1 unspecified atom stereocenters. The monoisotopic (exact) mass is 497 g/mol. The Morgan fingerprint density at radius 3 is 2.26 bits per heavy atom. The molecular formula is C26H51N5O4. The number of amides is 1. The first-order chi connectivity index (χ1) is 16.8. The van der Waals surface area contributed by atoms with Crippen LogP contribution in [0.4, 0.5) is 0 Å². The number of piperidine rings is 1. The van der Waals surface area contributed by atoms with Crippen LogP contribution in [0.25, 0.3) is 0 Å². The molecule has 1 saturated carbocycles. The molecule has 2 heterocycles. The Morgan fingerprint density at radius 1 is 0.971 bits per heavy atom. The first-order valence-electron chi connectivity index (χ1n) is 13.6. The van der Waals surface area contributed by atoms with Crippen molar-refractivity contribution in [2.45, 2.75) is 70.2 Å². The molecule has 0 bridgehead atoms. The normalized spacial score (nSPS) is 26.4. The zero-order valence-electron chi connectivity index (χ0n) is 22.7. The molecule has 1 atom stereocenters. The molecule has 9 nitrogen and oxygen atoms in total. The van der Waals surface area contributed by atoms with Crippen molar-refractivity contribution in [1.82, 2.24) is 20.0 Å². The lowest BCUT2D eigenvalue weighted by Gasteiger charge is -2.42. The molecule has 3 aliphatic rings. The van der Waals surface area contributed by atoms with Gasteiger partial charge >= 0.3 is 0 Å². The summed E-state index contributed by atoms with van der Waals surface area (Å²) >= 11 is 0. The van der Waals surface area contributed by atoms with Crippen LogP contribution in [-0.2, 0) is 19.0 Å². The molecule has 35 heavy (non-hydrogen) atoms. The first-order valence-corrected chi connectivity index (χ1v) is 13.6. The van der Waals surface area contributed by atoms with E-state index in [0.717, 1.165) is 91.1 Å². The minimum absolute atomic E-state index is 0.0965. The molecule has 0 aromatic heterocycles. The van der Waals surface area contributed by atoms with Gasteiger partial charge in [0.15, 0.2) is 0 Å². The summed E-state index contributed by atoms with van der Waals surface area (Å²) < 4.78 is 16.7. The first kappa shape index (κ1) is 28.8. The van der Waals surface area contributed by atoms with Crippen LogP contribution >= 0.6 is 0 Å². The fourth-order valence-corrected chi connectivity index (χ4v) is 5.79. The number of hydrogen-bond donors (Lipinski definition) is 2. The Kier molecular flexibility index (Phi) is 11.7. The average molecular weight is 498 g/mol. The fraction of sp³-hybridized carbons (Fsp3) is 0.962. The van der Waals surface area contributed by atoms with E-state index in [1.165, 1.54) is 0 Å². The number of nitrogens with one attached hydrogen (secondary N) is 1. The van der Waals surface area contributed by atoms with Gasteiger partial charge in [0.05, 0.1) is 32.0 Å². The standard InChI is InChI=1S/C26H51N5O4/c1-26(2,17-21(27)19-34-4)20-31-7-5-23(6-8-31)35-24-15-22(16-24)28-25(32)18-30-11-9-29(10-12-30)13-14-33-3/h21-24H,5-20,27H2,1-4H3,(H,28,32). The fourth-order valence-electron chi connectivity index (χ4n) is 5.79. The summed E-state index contributed by atoms with van der Waals surface area (Å²) in [5.41, 5.74) is 6.37. The Morgan fingerprint density at radius 2 is 1.63 bits per heavy atom. The number of ether oxygens (including phenoxy) is 3. The highest BCUT2D eigenvalue weighted by Crippen LogP contribution is 2.29. The van der Waals surface area contributed by atoms with Gasteiger partial charge in [0, 0.05) is 78.7 Å². The highest BCUT2D eigenvalue weighted by atomic mass is 16.5. The summed E-state index contributed by atoms with van der Waals surface area (Å²) in [6, 6.07) is 0.368. The molecule has 0 radical (unpaired) electrons. The topological polar surface area (TPSA) is 92.5 Å². The Labute approximate surface area is 213 Å². The quantitative estimate of drug-likeness (QED) is 0.364. The van der Waals surface area contributed by atoms with Crippen LogP contribution in [0.5, 0.6) is 0 Å². The molecular weight excluding hydrogens is 446 g/mol. The van der Waals surface area contributed by atoms with E-state index in [4.69, 9.17) is 19.9 Å². The highest BCUT2D eigenvalue weighted by Gasteiger charge is 2.35. The van der Waals surface area contributed by atoms with E-state index in [9.17, 15) is 4.79 Å². The lowest BCUT2D eigenvalue weighted by molar-refractivity contribution is -0.127. The van der Waals surface area contributed by atoms with E-state index < -0.39 is 0 Å². The van der Waals surface area contributed by atoms with E-state index in [0.29, 0.717) is 25.4 Å². The third-order valence-electron chi connectivity index (χ3n) is 7.67. The van der Waals surface area contributed by atoms with Gasteiger partial charge in [-0.05, 0) is 37.5 Å². The van der Waals surface area contributed by atoms with Crippen molar-refractivity contribution in [2.24, 2.45) is 11.1 Å². The number of nitrogens with zero attached hydrogens (tertiary/aromatic N) is 3. The highest BCUT2D eigenvalue weighted by molar-refractivity contribution is 5.78. The summed E-state index contributed by atoms with van der Waals surface area (Å²) in [7, 11) is 3.45. The molecule has 3 N–H and O–H groups in total. The number of likely N-dealkylation sites (tertiary alicyclic amines) is 1. The Balaban J connectivity index is 1.23. The van der Waals surface area contributed by atoms with Gasteiger partial charge in [-0.3, -0.25) is 14.6 Å². The second-order valence-corrected chi connectivity index (χ2v) is 11.7. The van der Waals surface area contributed by atoms with Crippen molar-refractivity contribution in [3.63, 3.8) is 0 Å². The molecule has 2 saturated heterocycles. The second kappa shape index (κ2) is 14.2. The predicted octanol–water partition coefficient (Wildman–Crippen LogP) is 0.769.